The molecule has 5 aromatic carbocycles. The second kappa shape index (κ2) is 20.7. The van der Waals surface area contributed by atoms with Crippen LogP contribution in [0.1, 0.15) is 62.6 Å². The minimum atomic E-state index is -4.48. The van der Waals surface area contributed by atoms with E-state index in [4.69, 9.17) is 5.73 Å². The maximum atomic E-state index is 14.6. The van der Waals surface area contributed by atoms with Gasteiger partial charge in [0.1, 0.15) is 0 Å². The molecule has 0 heterocycles. The third-order valence-electron chi connectivity index (χ3n) is 10.7. The Bertz CT molecular complexity index is 2310. The van der Waals surface area contributed by atoms with Gasteiger partial charge >= 0.3 is 0 Å². The van der Waals surface area contributed by atoms with Gasteiger partial charge in [0.2, 0.25) is 20.0 Å². The van der Waals surface area contributed by atoms with Crippen LogP contribution in [-0.4, -0.2) is 73.6 Å². The van der Waals surface area contributed by atoms with Gasteiger partial charge in [-0.15, -0.1) is 0 Å². The number of hydrogen-bond acceptors (Lipinski definition) is 10. The zero-order valence-corrected chi connectivity index (χ0v) is 35.4. The lowest BCUT2D eigenvalue weighted by Crippen LogP contribution is -2.46. The van der Waals surface area contributed by atoms with Gasteiger partial charge in [0.15, 0.2) is 9.79 Å². The average molecular weight is 857 g/mol. The summed E-state index contributed by atoms with van der Waals surface area (Å²) < 4.78 is 59.8. The van der Waals surface area contributed by atoms with Crippen LogP contribution in [0.15, 0.2) is 149 Å². The molecule has 0 aliphatic carbocycles. The van der Waals surface area contributed by atoms with Gasteiger partial charge in [0.25, 0.3) is 11.4 Å². The predicted molar refractivity (Wildman–Crippen MR) is 232 cm³/mol. The molecule has 0 fully saturated rings. The van der Waals surface area contributed by atoms with Gasteiger partial charge in [0.05, 0.1) is 15.4 Å². The molecule has 318 valence electrons. The van der Waals surface area contributed by atoms with Crippen molar-refractivity contribution in [3.05, 3.63) is 176 Å². The van der Waals surface area contributed by atoms with E-state index in [-0.39, 0.29) is 25.9 Å². The zero-order chi connectivity index (χ0) is 43.3. The highest BCUT2D eigenvalue weighted by atomic mass is 32.2. The number of nitrogens with two attached hydrogens (primary N) is 1. The predicted octanol–water partition coefficient (Wildman–Crippen LogP) is 7.45. The molecule has 0 saturated carbocycles. The maximum Gasteiger partial charge on any atom is 0.289 e. The van der Waals surface area contributed by atoms with Crippen LogP contribution in [0, 0.1) is 20.2 Å². The molecule has 16 heteroatoms. The third-order valence-corrected chi connectivity index (χ3v) is 14.8. The monoisotopic (exact) mass is 856 g/mol. The number of nitrogens with one attached hydrogen (secondary N) is 1. The molecule has 0 radical (unpaired) electrons. The summed E-state index contributed by atoms with van der Waals surface area (Å²) in [6.45, 7) is 4.04. The SMILES string of the molecule is CC(CCC(C)N(CCCNC(c1ccccc1)(c1ccccc1)c1ccccc1)S(=O)(=O)c1ccccc1[N+](=O)[O-])N(CCCCN)S(=O)(=O)c1ccccc1[N+](=O)[O-]. The molecular formula is C44H52N6O8S2. The van der Waals surface area contributed by atoms with Crippen LogP contribution in [0.2, 0.25) is 0 Å². The number of hydrogen-bond donors (Lipinski definition) is 2. The van der Waals surface area contributed by atoms with Crippen LogP contribution in [0.4, 0.5) is 11.4 Å². The van der Waals surface area contributed by atoms with Gasteiger partial charge in [-0.3, -0.25) is 25.5 Å². The van der Waals surface area contributed by atoms with Crippen molar-refractivity contribution >= 4 is 31.4 Å². The van der Waals surface area contributed by atoms with Crippen LogP contribution in [0.25, 0.3) is 0 Å². The Hall–Kier alpha value is -5.36. The number of sulfonamides is 2. The van der Waals surface area contributed by atoms with E-state index in [1.165, 1.54) is 45.0 Å². The van der Waals surface area contributed by atoms with E-state index in [0.717, 1.165) is 28.8 Å². The standard InChI is InChI=1S/C44H52N6O8S2/c1-35(47(33-17-16-31-45)59(55,56)42-27-14-12-25-40(42)49(51)52)29-30-36(2)48(60(57,58)43-28-15-13-26-41(43)50(53)54)34-18-32-46-44(37-19-6-3-7-20-37,38-21-8-4-9-22-38)39-23-10-5-11-24-39/h3-15,19-28,35-36,46H,16-18,29-34,45H2,1-2H3. The molecular weight excluding hydrogens is 805 g/mol. The van der Waals surface area contributed by atoms with E-state index in [9.17, 15) is 37.1 Å². The first-order chi connectivity index (χ1) is 28.8. The molecule has 0 aromatic heterocycles. The molecule has 60 heavy (non-hydrogen) atoms. The first-order valence-electron chi connectivity index (χ1n) is 19.9. The summed E-state index contributed by atoms with van der Waals surface area (Å²) in [6, 6.07) is 38.8. The topological polar surface area (TPSA) is 199 Å². The first kappa shape index (κ1) is 45.7. The summed E-state index contributed by atoms with van der Waals surface area (Å²) in [6.07, 6.45) is 1.55. The summed E-state index contributed by atoms with van der Waals surface area (Å²) in [5, 5.41) is 27.7. The molecule has 14 nitrogen and oxygen atoms in total. The fourth-order valence-corrected chi connectivity index (χ4v) is 11.3. The van der Waals surface area contributed by atoms with E-state index in [0.29, 0.717) is 32.4 Å². The molecule has 0 amide bonds. The van der Waals surface area contributed by atoms with E-state index in [1.54, 1.807) is 13.8 Å². The Kier molecular flexibility index (Phi) is 15.8. The molecule has 5 aromatic rings. The Morgan fingerprint density at radius 2 is 0.917 bits per heavy atom. The molecule has 2 atom stereocenters. The lowest BCUT2D eigenvalue weighted by Gasteiger charge is -2.37. The molecule has 0 aliphatic heterocycles. The number of para-hydroxylation sites is 2. The van der Waals surface area contributed by atoms with Crippen LogP contribution in [0.3, 0.4) is 0 Å². The van der Waals surface area contributed by atoms with Crippen LogP contribution in [-0.2, 0) is 25.6 Å². The minimum absolute atomic E-state index is 0.0277. The van der Waals surface area contributed by atoms with Gasteiger partial charge in [-0.1, -0.05) is 115 Å². The second-order valence-corrected chi connectivity index (χ2v) is 18.3. The van der Waals surface area contributed by atoms with Gasteiger partial charge in [-0.2, -0.15) is 8.61 Å². The van der Waals surface area contributed by atoms with Crippen molar-refractivity contribution in [2.75, 3.05) is 26.2 Å². The van der Waals surface area contributed by atoms with Crippen LogP contribution < -0.4 is 11.1 Å². The normalized spacial score (nSPS) is 13.3. The highest BCUT2D eigenvalue weighted by Crippen LogP contribution is 2.37. The Labute approximate surface area is 352 Å². The van der Waals surface area contributed by atoms with E-state index in [1.807, 2.05) is 91.0 Å². The number of nitro groups is 2. The summed E-state index contributed by atoms with van der Waals surface area (Å²) >= 11 is 0. The average Bonchev–Trinajstić information content (AvgIpc) is 3.26. The molecule has 0 bridgehead atoms. The van der Waals surface area contributed by atoms with Crippen molar-refractivity contribution in [2.45, 2.75) is 73.4 Å². The quantitative estimate of drug-likeness (QED) is 0.0288. The van der Waals surface area contributed by atoms with Gasteiger partial charge in [-0.25, -0.2) is 16.8 Å². The third kappa shape index (κ3) is 10.3. The number of unbranched alkanes of at least 4 members (excludes halogenated alkanes) is 1. The first-order valence-corrected chi connectivity index (χ1v) is 22.8. The molecule has 3 N–H and O–H groups in total. The number of nitro benzene ring substituents is 2. The Morgan fingerprint density at radius 3 is 1.28 bits per heavy atom. The lowest BCUT2D eigenvalue weighted by molar-refractivity contribution is -0.388. The van der Waals surface area contributed by atoms with Crippen molar-refractivity contribution in [1.29, 1.82) is 0 Å². The van der Waals surface area contributed by atoms with Gasteiger partial charge < -0.3 is 5.73 Å². The van der Waals surface area contributed by atoms with E-state index in [2.05, 4.69) is 5.32 Å². The summed E-state index contributed by atoms with van der Waals surface area (Å²) in [5.41, 5.74) is 6.72. The smallest absolute Gasteiger partial charge is 0.289 e. The highest BCUT2D eigenvalue weighted by molar-refractivity contribution is 7.89. The maximum absolute atomic E-state index is 14.6. The van der Waals surface area contributed by atoms with Crippen molar-refractivity contribution in [3.63, 3.8) is 0 Å². The fraction of sp³-hybridized carbons (Fsp3) is 0.318. The van der Waals surface area contributed by atoms with E-state index < -0.39 is 68.7 Å². The van der Waals surface area contributed by atoms with Crippen LogP contribution >= 0.6 is 0 Å². The lowest BCUT2D eigenvalue weighted by atomic mass is 9.77. The summed E-state index contributed by atoms with van der Waals surface area (Å²) in [7, 11) is -8.85. The Balaban J connectivity index is 1.46. The minimum Gasteiger partial charge on any atom is -0.330 e. The van der Waals surface area contributed by atoms with Crippen molar-refractivity contribution in [1.82, 2.24) is 13.9 Å². The molecule has 0 aliphatic rings. The van der Waals surface area contributed by atoms with E-state index >= 15 is 0 Å². The highest BCUT2D eigenvalue weighted by Gasteiger charge is 2.39. The van der Waals surface area contributed by atoms with Gasteiger partial charge in [0, 0.05) is 37.3 Å². The summed E-state index contributed by atoms with van der Waals surface area (Å²) in [5.74, 6) is 0. The number of benzene rings is 5. The van der Waals surface area contributed by atoms with Crippen molar-refractivity contribution in [2.24, 2.45) is 5.73 Å². The van der Waals surface area contributed by atoms with Crippen molar-refractivity contribution in [3.8, 4) is 0 Å². The largest absolute Gasteiger partial charge is 0.330 e. The van der Waals surface area contributed by atoms with Gasteiger partial charge in [-0.05, 0) is 87.9 Å². The molecule has 2 unspecified atom stereocenters. The fourth-order valence-electron chi connectivity index (χ4n) is 7.62. The number of rotatable bonds is 23. The van der Waals surface area contributed by atoms with Crippen LogP contribution in [0.5, 0.6) is 0 Å². The Morgan fingerprint density at radius 1 is 0.567 bits per heavy atom. The molecule has 5 rings (SSSR count). The van der Waals surface area contributed by atoms with Crippen molar-refractivity contribution < 1.29 is 26.7 Å². The zero-order valence-electron chi connectivity index (χ0n) is 33.7. The number of nitrogens with zero attached hydrogens (tertiary/aromatic N) is 4. The molecule has 0 saturated heterocycles. The summed E-state index contributed by atoms with van der Waals surface area (Å²) in [4.78, 5) is 21.6. The molecule has 0 spiro atoms. The second-order valence-electron chi connectivity index (χ2n) is 14.6.